The van der Waals surface area contributed by atoms with Crippen LogP contribution in [0.4, 0.5) is 11.4 Å². The molecule has 0 aliphatic carbocycles. The first-order chi connectivity index (χ1) is 15.1. The van der Waals surface area contributed by atoms with Crippen molar-refractivity contribution in [2.45, 2.75) is 11.8 Å². The number of ether oxygens (including phenoxy) is 1. The predicted octanol–water partition coefficient (Wildman–Crippen LogP) is 4.41. The molecule has 0 saturated heterocycles. The van der Waals surface area contributed by atoms with Gasteiger partial charge in [0.1, 0.15) is 5.75 Å². The van der Waals surface area contributed by atoms with Crippen molar-refractivity contribution in [3.8, 4) is 5.75 Å². The Morgan fingerprint density at radius 3 is 2.28 bits per heavy atom. The molecule has 0 aliphatic rings. The van der Waals surface area contributed by atoms with Gasteiger partial charge < -0.3 is 15.2 Å². The largest absolute Gasteiger partial charge is 0.495 e. The maximum absolute atomic E-state index is 12.6. The second-order valence-corrected chi connectivity index (χ2v) is 8.88. The topological polar surface area (TPSA) is 122 Å². The number of hydrogen-bond acceptors (Lipinski definition) is 5. The van der Waals surface area contributed by atoms with Gasteiger partial charge in [0.15, 0.2) is 0 Å². The van der Waals surface area contributed by atoms with E-state index >= 15 is 0 Å². The molecular formula is C22H19ClN2O6S. The standard InChI is InChI=1S/C22H19ClN2O6S/c1-13-3-9-19(17(11-13)22(27)28)24-21(26)14-4-7-16(8-5-14)32(29,30)25-15-6-10-20(31-2)18(23)12-15/h3-12,25H,1-2H3,(H,24,26)(H,27,28). The van der Waals surface area contributed by atoms with Gasteiger partial charge in [-0.15, -0.1) is 0 Å². The van der Waals surface area contributed by atoms with E-state index in [1.54, 1.807) is 13.0 Å². The molecular weight excluding hydrogens is 456 g/mol. The highest BCUT2D eigenvalue weighted by Crippen LogP contribution is 2.28. The highest BCUT2D eigenvalue weighted by Gasteiger charge is 2.17. The van der Waals surface area contributed by atoms with Gasteiger partial charge in [-0.1, -0.05) is 23.2 Å². The number of sulfonamides is 1. The van der Waals surface area contributed by atoms with Crippen LogP contribution in [0.5, 0.6) is 5.75 Å². The molecule has 32 heavy (non-hydrogen) atoms. The Balaban J connectivity index is 1.77. The number of hydrogen-bond donors (Lipinski definition) is 3. The molecule has 0 unspecified atom stereocenters. The van der Waals surface area contributed by atoms with Crippen molar-refractivity contribution in [1.82, 2.24) is 0 Å². The van der Waals surface area contributed by atoms with Crippen LogP contribution < -0.4 is 14.8 Å². The lowest BCUT2D eigenvalue weighted by atomic mass is 10.1. The van der Waals surface area contributed by atoms with Crippen molar-refractivity contribution in [3.05, 3.63) is 82.4 Å². The third-order valence-corrected chi connectivity index (χ3v) is 6.18. The van der Waals surface area contributed by atoms with Gasteiger partial charge in [-0.3, -0.25) is 9.52 Å². The average molecular weight is 475 g/mol. The van der Waals surface area contributed by atoms with Crippen LogP contribution in [0.2, 0.25) is 5.02 Å². The zero-order valence-electron chi connectivity index (χ0n) is 17.0. The average Bonchev–Trinajstić information content (AvgIpc) is 2.74. The number of carbonyl (C=O) groups excluding carboxylic acids is 1. The van der Waals surface area contributed by atoms with Crippen LogP contribution >= 0.6 is 11.6 Å². The maximum Gasteiger partial charge on any atom is 0.337 e. The van der Waals surface area contributed by atoms with Crippen molar-refractivity contribution in [1.29, 1.82) is 0 Å². The second kappa shape index (κ2) is 9.29. The number of carboxylic acids is 1. The summed E-state index contributed by atoms with van der Waals surface area (Å²) in [4.78, 5) is 23.9. The molecule has 3 N–H and O–H groups in total. The molecule has 0 bridgehead atoms. The van der Waals surface area contributed by atoms with E-state index in [0.29, 0.717) is 5.75 Å². The number of benzene rings is 3. The van der Waals surface area contributed by atoms with Gasteiger partial charge in [-0.2, -0.15) is 0 Å². The quantitative estimate of drug-likeness (QED) is 0.466. The van der Waals surface area contributed by atoms with Gasteiger partial charge in [0.2, 0.25) is 0 Å². The Morgan fingerprint density at radius 1 is 1.00 bits per heavy atom. The molecule has 8 nitrogen and oxygen atoms in total. The number of carboxylic acid groups (broad SMARTS) is 1. The van der Waals surface area contributed by atoms with Crippen LogP contribution in [0.1, 0.15) is 26.3 Å². The molecule has 166 valence electrons. The van der Waals surface area contributed by atoms with Crippen molar-refractivity contribution in [3.63, 3.8) is 0 Å². The van der Waals surface area contributed by atoms with Crippen LogP contribution in [0.3, 0.4) is 0 Å². The molecule has 3 aromatic carbocycles. The number of halogens is 1. The van der Waals surface area contributed by atoms with Gasteiger partial charge >= 0.3 is 5.97 Å². The molecule has 3 aromatic rings. The SMILES string of the molecule is COc1ccc(NS(=O)(=O)c2ccc(C(=O)Nc3ccc(C)cc3C(=O)O)cc2)cc1Cl. The first kappa shape index (κ1) is 23.1. The normalized spacial score (nSPS) is 11.0. The zero-order chi connectivity index (χ0) is 23.5. The van der Waals surface area contributed by atoms with Crippen LogP contribution in [-0.2, 0) is 10.0 Å². The Labute approximate surface area is 189 Å². The van der Waals surface area contributed by atoms with Gasteiger partial charge in [-0.25, -0.2) is 13.2 Å². The predicted molar refractivity (Wildman–Crippen MR) is 121 cm³/mol. The number of aryl methyl sites for hydroxylation is 1. The second-order valence-electron chi connectivity index (χ2n) is 6.79. The van der Waals surface area contributed by atoms with E-state index in [9.17, 15) is 23.1 Å². The summed E-state index contributed by atoms with van der Waals surface area (Å²) in [5.74, 6) is -1.34. The van der Waals surface area contributed by atoms with Crippen LogP contribution in [-0.4, -0.2) is 32.5 Å². The fourth-order valence-corrected chi connectivity index (χ4v) is 4.18. The first-order valence-electron chi connectivity index (χ1n) is 9.22. The molecule has 0 heterocycles. The summed E-state index contributed by atoms with van der Waals surface area (Å²) in [7, 11) is -2.48. The van der Waals surface area contributed by atoms with E-state index in [-0.39, 0.29) is 32.4 Å². The molecule has 0 saturated carbocycles. The fraction of sp³-hybridized carbons (Fsp3) is 0.0909. The monoisotopic (exact) mass is 474 g/mol. The number of anilines is 2. The molecule has 3 rings (SSSR count). The summed E-state index contributed by atoms with van der Waals surface area (Å²) in [5.41, 5.74) is 1.25. The third-order valence-electron chi connectivity index (χ3n) is 4.48. The maximum atomic E-state index is 12.6. The van der Waals surface area contributed by atoms with Crippen LogP contribution in [0, 0.1) is 6.92 Å². The molecule has 1 amide bonds. The Bertz CT molecular complexity index is 1290. The van der Waals surface area contributed by atoms with E-state index < -0.39 is 21.9 Å². The number of nitrogens with one attached hydrogen (secondary N) is 2. The third kappa shape index (κ3) is 5.19. The molecule has 0 aromatic heterocycles. The summed E-state index contributed by atoms with van der Waals surface area (Å²) in [6.45, 7) is 1.74. The highest BCUT2D eigenvalue weighted by molar-refractivity contribution is 7.92. The van der Waals surface area contributed by atoms with Gasteiger partial charge in [0.05, 0.1) is 34.0 Å². The van der Waals surface area contributed by atoms with E-state index in [4.69, 9.17) is 16.3 Å². The van der Waals surface area contributed by atoms with Crippen molar-refractivity contribution in [2.24, 2.45) is 0 Å². The minimum absolute atomic E-state index is 0.0418. The fourth-order valence-electron chi connectivity index (χ4n) is 2.87. The minimum Gasteiger partial charge on any atom is -0.495 e. The Morgan fingerprint density at radius 2 is 1.69 bits per heavy atom. The summed E-state index contributed by atoms with van der Waals surface area (Å²) < 4.78 is 32.7. The van der Waals surface area contributed by atoms with Crippen LogP contribution in [0.15, 0.2) is 65.6 Å². The summed E-state index contributed by atoms with van der Waals surface area (Å²) in [5, 5.41) is 12.1. The zero-order valence-corrected chi connectivity index (χ0v) is 18.6. The lowest BCUT2D eigenvalue weighted by Crippen LogP contribution is -2.16. The summed E-state index contributed by atoms with van der Waals surface area (Å²) >= 11 is 6.02. The number of aromatic carboxylic acids is 1. The van der Waals surface area contributed by atoms with E-state index in [1.807, 2.05) is 0 Å². The minimum atomic E-state index is -3.93. The van der Waals surface area contributed by atoms with E-state index in [1.165, 1.54) is 61.7 Å². The number of rotatable bonds is 7. The molecule has 0 aliphatic heterocycles. The van der Waals surface area contributed by atoms with E-state index in [0.717, 1.165) is 5.56 Å². The van der Waals surface area contributed by atoms with Crippen LogP contribution in [0.25, 0.3) is 0 Å². The first-order valence-corrected chi connectivity index (χ1v) is 11.1. The lowest BCUT2D eigenvalue weighted by Gasteiger charge is -2.11. The Kier molecular flexibility index (Phi) is 6.71. The number of amides is 1. The van der Waals surface area contributed by atoms with Gasteiger partial charge in [0, 0.05) is 5.56 Å². The van der Waals surface area contributed by atoms with Crippen molar-refractivity contribution in [2.75, 3.05) is 17.1 Å². The lowest BCUT2D eigenvalue weighted by molar-refractivity contribution is 0.0698. The highest BCUT2D eigenvalue weighted by atomic mass is 35.5. The molecule has 10 heteroatoms. The van der Waals surface area contributed by atoms with Crippen molar-refractivity contribution >= 4 is 44.9 Å². The summed E-state index contributed by atoms with van der Waals surface area (Å²) in [6, 6.07) is 14.3. The number of methoxy groups -OCH3 is 1. The molecule has 0 spiro atoms. The smallest absolute Gasteiger partial charge is 0.337 e. The Hall–Kier alpha value is -3.56. The molecule has 0 fully saturated rings. The van der Waals surface area contributed by atoms with Gasteiger partial charge in [-0.05, 0) is 61.5 Å². The van der Waals surface area contributed by atoms with E-state index in [2.05, 4.69) is 10.0 Å². The number of carbonyl (C=O) groups is 2. The van der Waals surface area contributed by atoms with Gasteiger partial charge in [0.25, 0.3) is 15.9 Å². The molecule has 0 radical (unpaired) electrons. The molecule has 0 atom stereocenters. The summed E-state index contributed by atoms with van der Waals surface area (Å²) in [6.07, 6.45) is 0. The van der Waals surface area contributed by atoms with Crippen molar-refractivity contribution < 1.29 is 27.9 Å².